The van der Waals surface area contributed by atoms with Crippen LogP contribution in [0.15, 0.2) is 40.6 Å². The maximum atomic E-state index is 12.5. The van der Waals surface area contributed by atoms with E-state index in [1.165, 1.54) is 22.2 Å². The van der Waals surface area contributed by atoms with Gasteiger partial charge in [-0.05, 0) is 38.0 Å². The molecule has 172 valence electrons. The number of hydrogen-bond acceptors (Lipinski definition) is 8. The second kappa shape index (κ2) is 9.25. The van der Waals surface area contributed by atoms with Crippen LogP contribution in [0, 0.1) is 0 Å². The summed E-state index contributed by atoms with van der Waals surface area (Å²) in [6.07, 6.45) is 1.86. The minimum atomic E-state index is -0.221. The van der Waals surface area contributed by atoms with E-state index in [1.54, 1.807) is 23.1 Å². The quantitative estimate of drug-likeness (QED) is 0.268. The maximum absolute atomic E-state index is 12.5. The fourth-order valence-corrected chi connectivity index (χ4v) is 6.61. The zero-order valence-electron chi connectivity index (χ0n) is 18.8. The van der Waals surface area contributed by atoms with Crippen LogP contribution in [0.4, 0.5) is 5.69 Å². The lowest BCUT2D eigenvalue weighted by Crippen LogP contribution is -2.31. The van der Waals surface area contributed by atoms with E-state index in [2.05, 4.69) is 36.3 Å². The second-order valence-electron chi connectivity index (χ2n) is 8.50. The standard InChI is InChI=1S/C23H25N5O2S3/c1-4-10-31-21-25-20-18(15-11-23(2,3)30-12-16(15)33-20)19-26-27-22(28(19)21)32-13-17(29)24-14-8-6-5-7-9-14/h5-9H,4,10-13H2,1-3H3,(H,24,29). The topological polar surface area (TPSA) is 81.4 Å². The highest BCUT2D eigenvalue weighted by molar-refractivity contribution is 8.00. The lowest BCUT2D eigenvalue weighted by atomic mass is 9.94. The Balaban J connectivity index is 1.51. The van der Waals surface area contributed by atoms with Crippen LogP contribution < -0.4 is 5.32 Å². The van der Waals surface area contributed by atoms with E-state index in [4.69, 9.17) is 9.72 Å². The van der Waals surface area contributed by atoms with E-state index in [-0.39, 0.29) is 17.3 Å². The van der Waals surface area contributed by atoms with E-state index in [0.717, 1.165) is 45.3 Å². The largest absolute Gasteiger partial charge is 0.370 e. The first kappa shape index (κ1) is 22.6. The highest BCUT2D eigenvalue weighted by Crippen LogP contribution is 2.41. The third-order valence-corrected chi connectivity index (χ3v) is 8.51. The van der Waals surface area contributed by atoms with Gasteiger partial charge in [0.05, 0.1) is 23.3 Å². The molecule has 1 amide bonds. The van der Waals surface area contributed by atoms with Gasteiger partial charge in [0.1, 0.15) is 4.83 Å². The van der Waals surface area contributed by atoms with Crippen molar-refractivity contribution in [2.24, 2.45) is 0 Å². The van der Waals surface area contributed by atoms with Crippen molar-refractivity contribution in [3.63, 3.8) is 0 Å². The summed E-state index contributed by atoms with van der Waals surface area (Å²) in [4.78, 5) is 19.7. The molecule has 0 fully saturated rings. The van der Waals surface area contributed by atoms with Crippen LogP contribution >= 0.6 is 34.9 Å². The van der Waals surface area contributed by atoms with E-state index in [1.807, 2.05) is 34.7 Å². The zero-order valence-corrected chi connectivity index (χ0v) is 21.2. The van der Waals surface area contributed by atoms with Gasteiger partial charge in [-0.15, -0.1) is 21.5 Å². The van der Waals surface area contributed by atoms with Gasteiger partial charge >= 0.3 is 0 Å². The van der Waals surface area contributed by atoms with Crippen molar-refractivity contribution in [3.8, 4) is 0 Å². The highest BCUT2D eigenvalue weighted by Gasteiger charge is 2.31. The Bertz CT molecular complexity index is 1320. The van der Waals surface area contributed by atoms with Crippen molar-refractivity contribution in [1.82, 2.24) is 19.6 Å². The normalized spacial score (nSPS) is 15.1. The van der Waals surface area contributed by atoms with Gasteiger partial charge in [0, 0.05) is 22.7 Å². The Hall–Kier alpha value is -2.14. The summed E-state index contributed by atoms with van der Waals surface area (Å²) in [6, 6.07) is 9.47. The molecule has 0 spiro atoms. The number of thioether (sulfide) groups is 2. The number of carbonyl (C=O) groups excluding carboxylic acids is 1. The number of fused-ring (bicyclic) bond motifs is 5. The van der Waals surface area contributed by atoms with Crippen molar-refractivity contribution in [2.75, 3.05) is 16.8 Å². The lowest BCUT2D eigenvalue weighted by molar-refractivity contribution is -0.113. The molecule has 0 aliphatic carbocycles. The summed E-state index contributed by atoms with van der Waals surface area (Å²) in [5, 5.41) is 14.6. The van der Waals surface area contributed by atoms with Crippen molar-refractivity contribution < 1.29 is 9.53 Å². The molecule has 7 nitrogen and oxygen atoms in total. The number of anilines is 1. The molecule has 1 aliphatic rings. The van der Waals surface area contributed by atoms with Gasteiger partial charge in [-0.3, -0.25) is 4.79 Å². The van der Waals surface area contributed by atoms with E-state index >= 15 is 0 Å². The van der Waals surface area contributed by atoms with Crippen molar-refractivity contribution >= 4 is 62.3 Å². The summed E-state index contributed by atoms with van der Waals surface area (Å²) in [7, 11) is 0. The number of rotatable bonds is 7. The van der Waals surface area contributed by atoms with Gasteiger partial charge in [-0.1, -0.05) is 48.6 Å². The van der Waals surface area contributed by atoms with Crippen LogP contribution in [-0.4, -0.2) is 42.6 Å². The summed E-state index contributed by atoms with van der Waals surface area (Å²) >= 11 is 4.77. The SMILES string of the molecule is CCCSc1nc2sc3c(c2c2nnc(SCC(=O)Nc4ccccc4)n12)CC(C)(C)OC3. The molecule has 3 aromatic heterocycles. The van der Waals surface area contributed by atoms with Crippen LogP contribution in [0.1, 0.15) is 37.6 Å². The molecular formula is C23H25N5O2S3. The molecule has 0 saturated carbocycles. The highest BCUT2D eigenvalue weighted by atomic mass is 32.2. The molecule has 5 rings (SSSR count). The smallest absolute Gasteiger partial charge is 0.234 e. The van der Waals surface area contributed by atoms with Crippen LogP contribution in [0.5, 0.6) is 0 Å². The average Bonchev–Trinajstić information content (AvgIpc) is 3.37. The summed E-state index contributed by atoms with van der Waals surface area (Å²) in [5.41, 5.74) is 2.65. The molecule has 1 aromatic carbocycles. The van der Waals surface area contributed by atoms with Crippen molar-refractivity contribution in [2.45, 2.75) is 56.1 Å². The predicted octanol–water partition coefficient (Wildman–Crippen LogP) is 5.42. The number of para-hydroxylation sites is 1. The molecule has 4 aromatic rings. The Morgan fingerprint density at radius 1 is 1.21 bits per heavy atom. The van der Waals surface area contributed by atoms with Gasteiger partial charge in [0.25, 0.3) is 0 Å². The molecular weight excluding hydrogens is 474 g/mol. The predicted molar refractivity (Wildman–Crippen MR) is 136 cm³/mol. The van der Waals surface area contributed by atoms with Gasteiger partial charge in [0.15, 0.2) is 16.0 Å². The summed E-state index contributed by atoms with van der Waals surface area (Å²) in [5.74, 6) is 1.12. The van der Waals surface area contributed by atoms with Gasteiger partial charge in [-0.25, -0.2) is 9.38 Å². The van der Waals surface area contributed by atoms with E-state index in [0.29, 0.717) is 11.8 Å². The number of aromatic nitrogens is 4. The molecule has 0 bridgehead atoms. The van der Waals surface area contributed by atoms with Crippen molar-refractivity contribution in [1.29, 1.82) is 0 Å². The Kier molecular flexibility index (Phi) is 6.34. The fraction of sp³-hybridized carbons (Fsp3) is 0.391. The minimum absolute atomic E-state index is 0.0773. The van der Waals surface area contributed by atoms with Crippen LogP contribution in [0.2, 0.25) is 0 Å². The molecule has 0 unspecified atom stereocenters. The number of benzene rings is 1. The summed E-state index contributed by atoms with van der Waals surface area (Å²) < 4.78 is 8.06. The second-order valence-corrected chi connectivity index (χ2v) is 11.6. The van der Waals surface area contributed by atoms with Gasteiger partial charge < -0.3 is 10.1 Å². The third-order valence-electron chi connectivity index (χ3n) is 5.34. The number of nitrogens with one attached hydrogen (secondary N) is 1. The van der Waals surface area contributed by atoms with Gasteiger partial charge in [-0.2, -0.15) is 0 Å². The zero-order chi connectivity index (χ0) is 23.0. The van der Waals surface area contributed by atoms with E-state index in [9.17, 15) is 4.79 Å². The van der Waals surface area contributed by atoms with Crippen molar-refractivity contribution in [3.05, 3.63) is 40.8 Å². The molecule has 33 heavy (non-hydrogen) atoms. The number of ether oxygens (including phenoxy) is 1. The first-order chi connectivity index (χ1) is 15.9. The van der Waals surface area contributed by atoms with Crippen LogP contribution in [0.25, 0.3) is 15.9 Å². The number of nitrogens with zero attached hydrogens (tertiary/aromatic N) is 4. The molecule has 1 N–H and O–H groups in total. The molecule has 0 saturated heterocycles. The van der Waals surface area contributed by atoms with Crippen LogP contribution in [-0.2, 0) is 22.6 Å². The first-order valence-electron chi connectivity index (χ1n) is 10.9. The van der Waals surface area contributed by atoms with Gasteiger partial charge in [0.2, 0.25) is 5.91 Å². The number of carbonyl (C=O) groups is 1. The Labute approximate surface area is 204 Å². The average molecular weight is 500 g/mol. The number of thiophene rings is 1. The molecule has 1 aliphatic heterocycles. The molecule has 4 heterocycles. The van der Waals surface area contributed by atoms with Crippen LogP contribution in [0.3, 0.4) is 0 Å². The number of hydrogen-bond donors (Lipinski definition) is 1. The monoisotopic (exact) mass is 499 g/mol. The molecule has 0 atom stereocenters. The first-order valence-corrected chi connectivity index (χ1v) is 13.7. The molecule has 10 heteroatoms. The molecule has 0 radical (unpaired) electrons. The fourth-order valence-electron chi connectivity index (χ4n) is 3.82. The minimum Gasteiger partial charge on any atom is -0.370 e. The Morgan fingerprint density at radius 3 is 2.82 bits per heavy atom. The summed E-state index contributed by atoms with van der Waals surface area (Å²) in [6.45, 7) is 6.99. The van der Waals surface area contributed by atoms with E-state index < -0.39 is 0 Å². The lowest BCUT2D eigenvalue weighted by Gasteiger charge is -2.30. The maximum Gasteiger partial charge on any atom is 0.234 e. The third kappa shape index (κ3) is 4.62. The Morgan fingerprint density at radius 2 is 2.03 bits per heavy atom. The number of amides is 1.